The first-order chi connectivity index (χ1) is 6.33. The lowest BCUT2D eigenvalue weighted by molar-refractivity contribution is -0.183. The maximum absolute atomic E-state index is 8.56. The summed E-state index contributed by atoms with van der Waals surface area (Å²) in [5.74, 6) is 0. The summed E-state index contributed by atoms with van der Waals surface area (Å²) in [7, 11) is 0. The van der Waals surface area contributed by atoms with Gasteiger partial charge in [0, 0.05) is 5.41 Å². The Labute approximate surface area is 78.8 Å². The zero-order valence-corrected chi connectivity index (χ0v) is 8.12. The number of rotatable bonds is 5. The van der Waals surface area contributed by atoms with Crippen LogP contribution in [0.5, 0.6) is 0 Å². The number of hydrogen-bond donors (Lipinski definition) is 1. The van der Waals surface area contributed by atoms with E-state index in [1.165, 1.54) is 0 Å². The molecule has 1 heterocycles. The predicted molar refractivity (Wildman–Crippen MR) is 47.4 cm³/mol. The molecule has 1 rings (SSSR count). The predicted octanol–water partition coefficient (Wildman–Crippen LogP) is 0.396. The topological polar surface area (TPSA) is 47.9 Å². The minimum atomic E-state index is -0.00653. The van der Waals surface area contributed by atoms with Gasteiger partial charge in [-0.25, -0.2) is 0 Å². The van der Waals surface area contributed by atoms with Crippen molar-refractivity contribution in [3.63, 3.8) is 0 Å². The molecule has 0 aromatic rings. The molecule has 0 amide bonds. The van der Waals surface area contributed by atoms with Gasteiger partial charge in [-0.3, -0.25) is 0 Å². The SMILES string of the molecule is CCC1(COCCO)COCOC1. The molecule has 0 aromatic carbocycles. The van der Waals surface area contributed by atoms with Crippen LogP contribution in [-0.4, -0.2) is 44.9 Å². The van der Waals surface area contributed by atoms with Crippen molar-refractivity contribution in [3.8, 4) is 0 Å². The van der Waals surface area contributed by atoms with Crippen LogP contribution in [-0.2, 0) is 14.2 Å². The van der Waals surface area contributed by atoms with Crippen molar-refractivity contribution in [2.75, 3.05) is 39.8 Å². The Kier molecular flexibility index (Phi) is 4.66. The quantitative estimate of drug-likeness (QED) is 0.637. The van der Waals surface area contributed by atoms with Crippen LogP contribution < -0.4 is 0 Å². The molecule has 4 heteroatoms. The maximum atomic E-state index is 8.56. The van der Waals surface area contributed by atoms with Crippen molar-refractivity contribution in [2.45, 2.75) is 13.3 Å². The zero-order valence-electron chi connectivity index (χ0n) is 8.12. The molecule has 0 radical (unpaired) electrons. The van der Waals surface area contributed by atoms with Gasteiger partial charge in [-0.2, -0.15) is 0 Å². The van der Waals surface area contributed by atoms with E-state index in [0.29, 0.717) is 33.2 Å². The Balaban J connectivity index is 2.29. The van der Waals surface area contributed by atoms with Gasteiger partial charge >= 0.3 is 0 Å². The molecule has 1 aliphatic rings. The van der Waals surface area contributed by atoms with E-state index in [0.717, 1.165) is 6.42 Å². The van der Waals surface area contributed by atoms with Crippen molar-refractivity contribution >= 4 is 0 Å². The number of ether oxygens (including phenoxy) is 3. The van der Waals surface area contributed by atoms with Gasteiger partial charge in [0.25, 0.3) is 0 Å². The summed E-state index contributed by atoms with van der Waals surface area (Å²) in [6.07, 6.45) is 0.971. The van der Waals surface area contributed by atoms with Crippen LogP contribution >= 0.6 is 0 Å². The van der Waals surface area contributed by atoms with Crippen LogP contribution in [0.2, 0.25) is 0 Å². The van der Waals surface area contributed by atoms with E-state index in [1.54, 1.807) is 0 Å². The van der Waals surface area contributed by atoms with Crippen LogP contribution in [0.15, 0.2) is 0 Å². The molecule has 0 aromatic heterocycles. The van der Waals surface area contributed by atoms with Gasteiger partial charge in [-0.1, -0.05) is 6.92 Å². The summed E-state index contributed by atoms with van der Waals surface area (Å²) in [6.45, 7) is 4.93. The van der Waals surface area contributed by atoms with Gasteiger partial charge in [0.15, 0.2) is 0 Å². The third kappa shape index (κ3) is 3.23. The second-order valence-corrected chi connectivity index (χ2v) is 3.44. The Hall–Kier alpha value is -0.160. The summed E-state index contributed by atoms with van der Waals surface area (Å²) in [4.78, 5) is 0. The molecule has 0 bridgehead atoms. The van der Waals surface area contributed by atoms with Crippen LogP contribution in [0, 0.1) is 5.41 Å². The third-order valence-corrected chi connectivity index (χ3v) is 2.38. The lowest BCUT2D eigenvalue weighted by Crippen LogP contribution is -2.41. The van der Waals surface area contributed by atoms with E-state index in [9.17, 15) is 0 Å². The van der Waals surface area contributed by atoms with E-state index in [1.807, 2.05) is 0 Å². The number of hydrogen-bond acceptors (Lipinski definition) is 4. The van der Waals surface area contributed by atoms with E-state index in [-0.39, 0.29) is 12.0 Å². The molecule has 0 unspecified atom stereocenters. The highest BCUT2D eigenvalue weighted by atomic mass is 16.7. The van der Waals surface area contributed by atoms with Gasteiger partial charge in [0.1, 0.15) is 6.79 Å². The van der Waals surface area contributed by atoms with E-state index < -0.39 is 0 Å². The Morgan fingerprint density at radius 2 is 2.08 bits per heavy atom. The first kappa shape index (κ1) is 10.9. The highest BCUT2D eigenvalue weighted by molar-refractivity contribution is 4.78. The molecule has 1 aliphatic heterocycles. The number of aliphatic hydroxyl groups is 1. The largest absolute Gasteiger partial charge is 0.394 e. The van der Waals surface area contributed by atoms with Crippen LogP contribution in [0.4, 0.5) is 0 Å². The Bertz CT molecular complexity index is 132. The summed E-state index contributed by atoms with van der Waals surface area (Å²) in [5.41, 5.74) is -0.00653. The smallest absolute Gasteiger partial charge is 0.146 e. The highest BCUT2D eigenvalue weighted by Crippen LogP contribution is 2.26. The van der Waals surface area contributed by atoms with Gasteiger partial charge in [-0.15, -0.1) is 0 Å². The number of aliphatic hydroxyl groups excluding tert-OH is 1. The Morgan fingerprint density at radius 3 is 2.62 bits per heavy atom. The Morgan fingerprint density at radius 1 is 1.38 bits per heavy atom. The normalized spacial score (nSPS) is 21.7. The van der Waals surface area contributed by atoms with E-state index in [2.05, 4.69) is 6.92 Å². The second-order valence-electron chi connectivity index (χ2n) is 3.44. The van der Waals surface area contributed by atoms with Crippen LogP contribution in [0.3, 0.4) is 0 Å². The molecule has 1 N–H and O–H groups in total. The standard InChI is InChI=1S/C9H18O4/c1-2-9(5-11-4-3-10)6-12-8-13-7-9/h10H,2-8H2,1H3. The van der Waals surface area contributed by atoms with Gasteiger partial charge < -0.3 is 19.3 Å². The van der Waals surface area contributed by atoms with Gasteiger partial charge in [-0.05, 0) is 6.42 Å². The fourth-order valence-electron chi connectivity index (χ4n) is 1.36. The lowest BCUT2D eigenvalue weighted by Gasteiger charge is -2.35. The van der Waals surface area contributed by atoms with Crippen LogP contribution in [0.25, 0.3) is 0 Å². The second kappa shape index (κ2) is 5.54. The van der Waals surface area contributed by atoms with Crippen molar-refractivity contribution in [3.05, 3.63) is 0 Å². The van der Waals surface area contributed by atoms with Crippen molar-refractivity contribution < 1.29 is 19.3 Å². The van der Waals surface area contributed by atoms with E-state index in [4.69, 9.17) is 19.3 Å². The molecular weight excluding hydrogens is 172 g/mol. The molecule has 0 saturated carbocycles. The molecule has 0 atom stereocenters. The molecule has 13 heavy (non-hydrogen) atoms. The van der Waals surface area contributed by atoms with Crippen molar-refractivity contribution in [1.29, 1.82) is 0 Å². The van der Waals surface area contributed by atoms with Crippen LogP contribution in [0.1, 0.15) is 13.3 Å². The first-order valence-electron chi connectivity index (χ1n) is 4.67. The molecule has 1 saturated heterocycles. The lowest BCUT2D eigenvalue weighted by atomic mass is 9.87. The summed E-state index contributed by atoms with van der Waals surface area (Å²) in [5, 5.41) is 8.56. The molecule has 1 fully saturated rings. The zero-order chi connectivity index (χ0) is 9.57. The molecule has 0 spiro atoms. The minimum Gasteiger partial charge on any atom is -0.394 e. The van der Waals surface area contributed by atoms with E-state index >= 15 is 0 Å². The minimum absolute atomic E-state index is 0.00653. The summed E-state index contributed by atoms with van der Waals surface area (Å²) < 4.78 is 15.8. The third-order valence-electron chi connectivity index (χ3n) is 2.38. The first-order valence-corrected chi connectivity index (χ1v) is 4.67. The molecule has 78 valence electrons. The average molecular weight is 190 g/mol. The summed E-state index contributed by atoms with van der Waals surface area (Å²) in [6, 6.07) is 0. The molecule has 4 nitrogen and oxygen atoms in total. The fourth-order valence-corrected chi connectivity index (χ4v) is 1.36. The fraction of sp³-hybridized carbons (Fsp3) is 1.00. The van der Waals surface area contributed by atoms with Gasteiger partial charge in [0.2, 0.25) is 0 Å². The average Bonchev–Trinajstić information content (AvgIpc) is 2.20. The molecular formula is C9H18O4. The maximum Gasteiger partial charge on any atom is 0.146 e. The highest BCUT2D eigenvalue weighted by Gasteiger charge is 2.32. The van der Waals surface area contributed by atoms with Crippen molar-refractivity contribution in [2.24, 2.45) is 5.41 Å². The summed E-state index contributed by atoms with van der Waals surface area (Å²) >= 11 is 0. The molecule has 0 aliphatic carbocycles. The van der Waals surface area contributed by atoms with Gasteiger partial charge in [0.05, 0.1) is 33.0 Å². The monoisotopic (exact) mass is 190 g/mol. The van der Waals surface area contributed by atoms with Crippen molar-refractivity contribution in [1.82, 2.24) is 0 Å².